The zero-order valence-electron chi connectivity index (χ0n) is 12.6. The van der Waals surface area contributed by atoms with Gasteiger partial charge in [0, 0.05) is 11.0 Å². The number of rotatable bonds is 0. The van der Waals surface area contributed by atoms with E-state index in [4.69, 9.17) is 4.74 Å². The predicted molar refractivity (Wildman–Crippen MR) is 80.9 cm³/mol. The molecule has 0 aliphatic carbocycles. The lowest BCUT2D eigenvalue weighted by atomic mass is 9.69. The molecule has 0 radical (unpaired) electrons. The predicted octanol–water partition coefficient (Wildman–Crippen LogP) is 3.85. The van der Waals surface area contributed by atoms with Crippen molar-refractivity contribution in [2.75, 3.05) is 26.7 Å². The van der Waals surface area contributed by atoms with Crippen molar-refractivity contribution in [1.82, 2.24) is 4.90 Å². The fourth-order valence-corrected chi connectivity index (χ4v) is 3.09. The molecule has 0 aromatic heterocycles. The fraction of sp³-hybridized carbons (Fsp3) is 0.647. The number of fused-ring (bicyclic) bond motifs is 2. The van der Waals surface area contributed by atoms with Crippen LogP contribution in [-0.2, 0) is 5.41 Å². The highest BCUT2D eigenvalue weighted by Gasteiger charge is 2.39. The van der Waals surface area contributed by atoms with Crippen LogP contribution >= 0.6 is 0 Å². The number of para-hydroxylation sites is 1. The normalized spacial score (nSPS) is 21.0. The summed E-state index contributed by atoms with van der Waals surface area (Å²) in [4.78, 5) is 2.43. The Morgan fingerprint density at radius 1 is 1.11 bits per heavy atom. The van der Waals surface area contributed by atoms with Gasteiger partial charge in [0.2, 0.25) is 0 Å². The van der Waals surface area contributed by atoms with Gasteiger partial charge in [-0.3, -0.25) is 0 Å². The Morgan fingerprint density at radius 2 is 1.74 bits per heavy atom. The second kappa shape index (κ2) is 6.42. The monoisotopic (exact) mass is 261 g/mol. The molecule has 106 valence electrons. The van der Waals surface area contributed by atoms with Crippen molar-refractivity contribution in [1.29, 1.82) is 0 Å². The van der Waals surface area contributed by atoms with E-state index in [0.29, 0.717) is 5.41 Å². The zero-order chi connectivity index (χ0) is 13.7. The first-order chi connectivity index (χ1) is 9.22. The molecule has 0 bridgehead atoms. The van der Waals surface area contributed by atoms with Gasteiger partial charge in [0.1, 0.15) is 5.75 Å². The highest BCUT2D eigenvalue weighted by molar-refractivity contribution is 5.41. The summed E-state index contributed by atoms with van der Waals surface area (Å²) in [6.45, 7) is 7.57. The van der Waals surface area contributed by atoms with Crippen LogP contribution in [0.2, 0.25) is 0 Å². The molecule has 2 heteroatoms. The van der Waals surface area contributed by atoms with E-state index < -0.39 is 0 Å². The Hall–Kier alpha value is -1.02. The average Bonchev–Trinajstić information content (AvgIpc) is 2.44. The van der Waals surface area contributed by atoms with E-state index in [1.165, 1.54) is 44.3 Å². The van der Waals surface area contributed by atoms with Crippen LogP contribution in [0, 0.1) is 0 Å². The third-order valence-electron chi connectivity index (χ3n) is 4.24. The van der Waals surface area contributed by atoms with Crippen LogP contribution in [0.25, 0.3) is 0 Å². The lowest BCUT2D eigenvalue weighted by Crippen LogP contribution is -2.43. The molecule has 1 spiro atoms. The first-order valence-electron chi connectivity index (χ1n) is 7.62. The van der Waals surface area contributed by atoms with Gasteiger partial charge in [-0.15, -0.1) is 0 Å². The van der Waals surface area contributed by atoms with E-state index >= 15 is 0 Å². The van der Waals surface area contributed by atoms with Gasteiger partial charge in [0.25, 0.3) is 0 Å². The SMILES string of the molecule is CCC.CN1CCC2(CCOc3ccccc32)CC1. The standard InChI is InChI=1S/C14H19NO.C3H8/c1-15-9-6-14(7-10-15)8-11-16-13-5-3-2-4-12(13)14;1-3-2/h2-5H,6-11H2,1H3;3H2,1-2H3. The van der Waals surface area contributed by atoms with E-state index in [-0.39, 0.29) is 0 Å². The molecule has 1 saturated heterocycles. The molecule has 2 aliphatic heterocycles. The molecule has 2 heterocycles. The molecule has 0 amide bonds. The molecular weight excluding hydrogens is 234 g/mol. The van der Waals surface area contributed by atoms with Crippen molar-refractivity contribution >= 4 is 0 Å². The van der Waals surface area contributed by atoms with Crippen LogP contribution in [0.5, 0.6) is 5.75 Å². The molecule has 1 aromatic rings. The van der Waals surface area contributed by atoms with Crippen LogP contribution in [0.1, 0.15) is 45.1 Å². The molecule has 0 unspecified atom stereocenters. The second-order valence-corrected chi connectivity index (χ2v) is 5.89. The summed E-state index contributed by atoms with van der Waals surface area (Å²) >= 11 is 0. The Bertz CT molecular complexity index is 394. The number of ether oxygens (including phenoxy) is 1. The number of nitrogens with zero attached hydrogens (tertiary/aromatic N) is 1. The van der Waals surface area contributed by atoms with Crippen LogP contribution in [0.3, 0.4) is 0 Å². The Labute approximate surface area is 117 Å². The largest absolute Gasteiger partial charge is 0.493 e. The molecule has 0 atom stereocenters. The Kier molecular flexibility index (Phi) is 4.87. The minimum absolute atomic E-state index is 0.404. The van der Waals surface area contributed by atoms with E-state index in [2.05, 4.69) is 50.1 Å². The van der Waals surface area contributed by atoms with Crippen LogP contribution in [0.4, 0.5) is 0 Å². The fourth-order valence-electron chi connectivity index (χ4n) is 3.09. The lowest BCUT2D eigenvalue weighted by Gasteiger charge is -2.44. The highest BCUT2D eigenvalue weighted by Crippen LogP contribution is 2.45. The molecule has 1 aromatic carbocycles. The van der Waals surface area contributed by atoms with E-state index in [1.54, 1.807) is 0 Å². The molecule has 0 saturated carbocycles. The summed E-state index contributed by atoms with van der Waals surface area (Å²) in [5.41, 5.74) is 1.86. The van der Waals surface area contributed by atoms with Crippen LogP contribution < -0.4 is 4.74 Å². The minimum atomic E-state index is 0.404. The molecule has 19 heavy (non-hydrogen) atoms. The number of benzene rings is 1. The van der Waals surface area contributed by atoms with Gasteiger partial charge in [0.15, 0.2) is 0 Å². The number of hydrogen-bond acceptors (Lipinski definition) is 2. The minimum Gasteiger partial charge on any atom is -0.493 e. The number of likely N-dealkylation sites (tertiary alicyclic amines) is 1. The molecule has 0 N–H and O–H groups in total. The Balaban J connectivity index is 0.000000408. The van der Waals surface area contributed by atoms with Crippen molar-refractivity contribution in [3.8, 4) is 5.75 Å². The van der Waals surface area contributed by atoms with E-state index in [1.807, 2.05) is 0 Å². The quantitative estimate of drug-likeness (QED) is 0.703. The smallest absolute Gasteiger partial charge is 0.123 e. The van der Waals surface area contributed by atoms with Gasteiger partial charge in [-0.1, -0.05) is 38.5 Å². The summed E-state index contributed by atoms with van der Waals surface area (Å²) in [6, 6.07) is 8.61. The zero-order valence-corrected chi connectivity index (χ0v) is 12.6. The summed E-state index contributed by atoms with van der Waals surface area (Å²) < 4.78 is 5.76. The average molecular weight is 261 g/mol. The lowest BCUT2D eigenvalue weighted by molar-refractivity contribution is 0.132. The summed E-state index contributed by atoms with van der Waals surface area (Å²) in [5, 5.41) is 0. The van der Waals surface area contributed by atoms with E-state index in [0.717, 1.165) is 12.4 Å². The van der Waals surface area contributed by atoms with Gasteiger partial charge in [-0.05, 0) is 45.5 Å². The van der Waals surface area contributed by atoms with Gasteiger partial charge in [0.05, 0.1) is 6.61 Å². The van der Waals surface area contributed by atoms with Crippen molar-refractivity contribution in [2.45, 2.75) is 44.9 Å². The van der Waals surface area contributed by atoms with Gasteiger partial charge < -0.3 is 9.64 Å². The molecule has 2 aliphatic rings. The maximum absolute atomic E-state index is 5.76. The van der Waals surface area contributed by atoms with Gasteiger partial charge in [-0.25, -0.2) is 0 Å². The first-order valence-corrected chi connectivity index (χ1v) is 7.62. The summed E-state index contributed by atoms with van der Waals surface area (Å²) in [7, 11) is 2.22. The van der Waals surface area contributed by atoms with Crippen molar-refractivity contribution in [3.05, 3.63) is 29.8 Å². The van der Waals surface area contributed by atoms with Crippen molar-refractivity contribution in [2.24, 2.45) is 0 Å². The van der Waals surface area contributed by atoms with Crippen LogP contribution in [-0.4, -0.2) is 31.6 Å². The molecule has 2 nitrogen and oxygen atoms in total. The molecule has 1 fully saturated rings. The van der Waals surface area contributed by atoms with Crippen molar-refractivity contribution < 1.29 is 4.74 Å². The van der Waals surface area contributed by atoms with Gasteiger partial charge >= 0.3 is 0 Å². The summed E-state index contributed by atoms with van der Waals surface area (Å²) in [5.74, 6) is 1.12. The third kappa shape index (κ3) is 3.11. The van der Waals surface area contributed by atoms with Crippen molar-refractivity contribution in [3.63, 3.8) is 0 Å². The number of piperidine rings is 1. The maximum atomic E-state index is 5.76. The van der Waals surface area contributed by atoms with Gasteiger partial charge in [-0.2, -0.15) is 0 Å². The third-order valence-corrected chi connectivity index (χ3v) is 4.24. The highest BCUT2D eigenvalue weighted by atomic mass is 16.5. The first kappa shape index (κ1) is 14.4. The Morgan fingerprint density at radius 3 is 2.42 bits per heavy atom. The van der Waals surface area contributed by atoms with E-state index in [9.17, 15) is 0 Å². The van der Waals surface area contributed by atoms with Crippen LogP contribution in [0.15, 0.2) is 24.3 Å². The topological polar surface area (TPSA) is 12.5 Å². The number of hydrogen-bond donors (Lipinski definition) is 0. The maximum Gasteiger partial charge on any atom is 0.123 e. The second-order valence-electron chi connectivity index (χ2n) is 5.89. The molecule has 3 rings (SSSR count). The molecular formula is C17H27NO. The summed E-state index contributed by atoms with van der Waals surface area (Å²) in [6.07, 6.45) is 5.01.